The largest absolute Gasteiger partial charge is 0.378 e. The minimum absolute atomic E-state index is 0.0351. The fourth-order valence-electron chi connectivity index (χ4n) is 4.29. The predicted molar refractivity (Wildman–Crippen MR) is 141 cm³/mol. The normalized spacial score (nSPS) is 13.7. The molecule has 2 heterocycles. The van der Waals surface area contributed by atoms with Crippen LogP contribution in [0, 0.1) is 41.2 Å². The molecule has 1 aliphatic carbocycles. The fraction of sp³-hybridized carbons (Fsp3) is 0.107. The third kappa shape index (κ3) is 3.81. The lowest BCUT2D eigenvalue weighted by Gasteiger charge is -2.14. The van der Waals surface area contributed by atoms with Gasteiger partial charge in [0.15, 0.2) is 17.4 Å². The minimum Gasteiger partial charge on any atom is -0.378 e. The first-order valence-electron chi connectivity index (χ1n) is 10.8. The van der Waals surface area contributed by atoms with Crippen LogP contribution in [-0.2, 0) is 0 Å². The highest BCUT2D eigenvalue weighted by molar-refractivity contribution is 7.29. The van der Waals surface area contributed by atoms with E-state index in [1.54, 1.807) is 29.6 Å². The average molecular weight is 514 g/mol. The van der Waals surface area contributed by atoms with Crippen molar-refractivity contribution in [3.63, 3.8) is 0 Å². The number of carbonyl (C=O) groups is 1. The lowest BCUT2D eigenvalue weighted by Crippen LogP contribution is -2.08. The number of aryl methyl sites for hydroxylation is 1. The number of hydrogen-bond acceptors (Lipinski definition) is 6. The summed E-state index contributed by atoms with van der Waals surface area (Å²) in [6.45, 7) is 2.08. The molecule has 0 fully saturated rings. The average Bonchev–Trinajstić information content (AvgIpc) is 3.47. The van der Waals surface area contributed by atoms with Gasteiger partial charge in [0.1, 0.15) is 17.7 Å². The lowest BCUT2D eigenvalue weighted by molar-refractivity contribution is 0.104. The van der Waals surface area contributed by atoms with Gasteiger partial charge in [0, 0.05) is 55.6 Å². The number of hydrogen-bond donors (Lipinski definition) is 0. The Hall–Kier alpha value is -4.11. The minimum atomic E-state index is -1.16. The maximum Gasteiger partial charge on any atom is 0.194 e. The maximum atomic E-state index is 14.0. The van der Waals surface area contributed by atoms with Crippen LogP contribution in [0.1, 0.15) is 26.4 Å². The zero-order valence-corrected chi connectivity index (χ0v) is 21.1. The van der Waals surface area contributed by atoms with Gasteiger partial charge in [0.25, 0.3) is 0 Å². The Morgan fingerprint density at radius 3 is 2.19 bits per heavy atom. The highest BCUT2D eigenvalue weighted by Gasteiger charge is 2.34. The number of Topliss-reactive ketones (excluding diaryl/α,β-unsaturated/α-hetero) is 1. The van der Waals surface area contributed by atoms with Crippen LogP contribution in [-0.4, -0.2) is 19.9 Å². The number of fused-ring (bicyclic) bond motifs is 2. The van der Waals surface area contributed by atoms with Crippen LogP contribution < -0.4 is 4.90 Å². The van der Waals surface area contributed by atoms with E-state index in [0.29, 0.717) is 0 Å². The molecular weight excluding hydrogens is 496 g/mol. The van der Waals surface area contributed by atoms with Gasteiger partial charge >= 0.3 is 0 Å². The highest BCUT2D eigenvalue weighted by atomic mass is 32.1. The predicted octanol–water partition coefficient (Wildman–Crippen LogP) is 7.36. The first kappa shape index (κ1) is 23.6. The topological polar surface area (TPSA) is 67.9 Å². The number of nitriles is 2. The fourth-order valence-corrected chi connectivity index (χ4v) is 6.73. The Labute approximate surface area is 214 Å². The van der Waals surface area contributed by atoms with Gasteiger partial charge in [-0.25, -0.2) is 8.78 Å². The van der Waals surface area contributed by atoms with Crippen molar-refractivity contribution in [1.82, 2.24) is 0 Å². The van der Waals surface area contributed by atoms with Crippen LogP contribution in [0.5, 0.6) is 0 Å². The summed E-state index contributed by atoms with van der Waals surface area (Å²) in [5.74, 6) is -2.85. The third-order valence-corrected chi connectivity index (χ3v) is 8.34. The molecular formula is C28H17F2N3OS2. The second kappa shape index (κ2) is 8.83. The van der Waals surface area contributed by atoms with Crippen molar-refractivity contribution >= 4 is 55.2 Å². The molecule has 0 spiro atoms. The van der Waals surface area contributed by atoms with Crippen molar-refractivity contribution in [2.24, 2.45) is 0 Å². The molecule has 1 aliphatic rings. The molecule has 8 heteroatoms. The molecule has 2 aromatic heterocycles. The highest BCUT2D eigenvalue weighted by Crippen LogP contribution is 2.44. The maximum absolute atomic E-state index is 14.0. The van der Waals surface area contributed by atoms with Crippen molar-refractivity contribution in [1.29, 1.82) is 10.5 Å². The first-order chi connectivity index (χ1) is 17.2. The van der Waals surface area contributed by atoms with E-state index in [2.05, 4.69) is 36.1 Å². The molecule has 0 saturated carbocycles. The van der Waals surface area contributed by atoms with E-state index in [9.17, 15) is 24.1 Å². The standard InChI is InChI=1S/C28H17F2N3OS2/c1-14-6-16(33(2)3)4-5-18(14)24-11-26-25(36-24)8-17(35-26)7-21-27(15(12-31)13-32)19-9-22(29)23(30)10-20(19)28(21)34/h4-11H,1-3H3/b21-7-. The third-order valence-electron chi connectivity index (χ3n) is 6.07. The van der Waals surface area contributed by atoms with E-state index in [1.165, 1.54) is 16.9 Å². The monoisotopic (exact) mass is 513 g/mol. The Morgan fingerprint density at radius 2 is 1.58 bits per heavy atom. The molecule has 4 aromatic rings. The molecule has 0 atom stereocenters. The molecule has 0 unspecified atom stereocenters. The number of nitrogens with zero attached hydrogens (tertiary/aromatic N) is 3. The molecule has 36 heavy (non-hydrogen) atoms. The molecule has 0 aliphatic heterocycles. The molecule has 2 aromatic carbocycles. The van der Waals surface area contributed by atoms with E-state index in [4.69, 9.17) is 0 Å². The Bertz CT molecular complexity index is 1700. The van der Waals surface area contributed by atoms with Gasteiger partial charge in [-0.15, -0.1) is 22.7 Å². The second-order valence-corrected chi connectivity index (χ2v) is 10.8. The Balaban J connectivity index is 1.58. The van der Waals surface area contributed by atoms with Crippen LogP contribution in [0.25, 0.3) is 31.5 Å². The molecule has 0 N–H and O–H groups in total. The van der Waals surface area contributed by atoms with Crippen LogP contribution in [0.3, 0.4) is 0 Å². The van der Waals surface area contributed by atoms with Crippen LogP contribution in [0.4, 0.5) is 14.5 Å². The number of thiophene rings is 2. The van der Waals surface area contributed by atoms with E-state index < -0.39 is 17.4 Å². The number of benzene rings is 2. The smallest absolute Gasteiger partial charge is 0.194 e. The summed E-state index contributed by atoms with van der Waals surface area (Å²) >= 11 is 3.10. The summed E-state index contributed by atoms with van der Waals surface area (Å²) in [7, 11) is 4.01. The molecule has 176 valence electrons. The van der Waals surface area contributed by atoms with Gasteiger partial charge < -0.3 is 4.90 Å². The number of allylic oxidation sites excluding steroid dienone is 3. The number of halogens is 2. The van der Waals surface area contributed by atoms with E-state index in [-0.39, 0.29) is 27.8 Å². The van der Waals surface area contributed by atoms with Crippen molar-refractivity contribution in [3.05, 3.63) is 86.8 Å². The summed E-state index contributed by atoms with van der Waals surface area (Å²) in [5, 5.41) is 18.9. The number of carbonyl (C=O) groups excluding carboxylic acids is 1. The van der Waals surface area contributed by atoms with E-state index in [1.807, 2.05) is 20.2 Å². The van der Waals surface area contributed by atoms with Gasteiger partial charge in [-0.2, -0.15) is 10.5 Å². The molecule has 5 rings (SSSR count). The Kier molecular flexibility index (Phi) is 5.80. The van der Waals surface area contributed by atoms with Crippen LogP contribution >= 0.6 is 22.7 Å². The second-order valence-electron chi connectivity index (χ2n) is 8.55. The van der Waals surface area contributed by atoms with Gasteiger partial charge in [0.05, 0.1) is 0 Å². The lowest BCUT2D eigenvalue weighted by atomic mass is 9.99. The SMILES string of the molecule is Cc1cc(N(C)C)ccc1-c1cc2sc(/C=C3\C(=O)c4cc(F)c(F)cc4C3=C(C#N)C#N)cc2s1. The molecule has 0 radical (unpaired) electrons. The van der Waals surface area contributed by atoms with Crippen LogP contribution in [0.15, 0.2) is 53.6 Å². The summed E-state index contributed by atoms with van der Waals surface area (Å²) in [4.78, 5) is 17.0. The number of anilines is 1. The molecule has 0 bridgehead atoms. The Morgan fingerprint density at radius 1 is 0.917 bits per heavy atom. The van der Waals surface area contributed by atoms with E-state index >= 15 is 0 Å². The van der Waals surface area contributed by atoms with Crippen molar-refractivity contribution in [2.45, 2.75) is 6.92 Å². The zero-order chi connectivity index (χ0) is 25.7. The molecule has 0 saturated heterocycles. The van der Waals surface area contributed by atoms with Crippen molar-refractivity contribution in [2.75, 3.05) is 19.0 Å². The molecule has 0 amide bonds. The van der Waals surface area contributed by atoms with Gasteiger partial charge in [-0.1, -0.05) is 6.07 Å². The molecule has 4 nitrogen and oxygen atoms in total. The first-order valence-corrected chi connectivity index (χ1v) is 12.5. The van der Waals surface area contributed by atoms with Crippen LogP contribution in [0.2, 0.25) is 0 Å². The van der Waals surface area contributed by atoms with E-state index in [0.717, 1.165) is 42.5 Å². The zero-order valence-electron chi connectivity index (χ0n) is 19.4. The number of ketones is 1. The van der Waals surface area contributed by atoms with Crippen molar-refractivity contribution < 1.29 is 13.6 Å². The number of rotatable bonds is 3. The van der Waals surface area contributed by atoms with Gasteiger partial charge in [0.2, 0.25) is 0 Å². The summed E-state index contributed by atoms with van der Waals surface area (Å²) < 4.78 is 29.9. The quantitative estimate of drug-likeness (QED) is 0.212. The summed E-state index contributed by atoms with van der Waals surface area (Å²) in [6, 6.07) is 15.6. The van der Waals surface area contributed by atoms with Gasteiger partial charge in [-0.3, -0.25) is 4.79 Å². The summed E-state index contributed by atoms with van der Waals surface area (Å²) in [5.41, 5.74) is 3.24. The van der Waals surface area contributed by atoms with Gasteiger partial charge in [-0.05, 0) is 66.1 Å². The van der Waals surface area contributed by atoms with Crippen molar-refractivity contribution in [3.8, 4) is 22.6 Å². The summed E-state index contributed by atoms with van der Waals surface area (Å²) in [6.07, 6.45) is 1.59.